The molecule has 1 atom stereocenters. The van der Waals surface area contributed by atoms with Gasteiger partial charge in [0.1, 0.15) is 12.4 Å². The van der Waals surface area contributed by atoms with Crippen molar-refractivity contribution in [1.82, 2.24) is 0 Å². The molecule has 2 aromatic rings. The number of ether oxygens (including phenoxy) is 2. The van der Waals surface area contributed by atoms with E-state index in [1.807, 2.05) is 48.5 Å². The van der Waals surface area contributed by atoms with Crippen LogP contribution in [0.2, 0.25) is 0 Å². The summed E-state index contributed by atoms with van der Waals surface area (Å²) in [7, 11) is 0. The van der Waals surface area contributed by atoms with Gasteiger partial charge in [0.2, 0.25) is 0 Å². The highest BCUT2D eigenvalue weighted by atomic mass is 127. The zero-order chi connectivity index (χ0) is 16.1. The van der Waals surface area contributed by atoms with Crippen LogP contribution in [0.1, 0.15) is 23.2 Å². The number of hydrogen-bond donors (Lipinski definition) is 1. The largest absolute Gasteiger partial charge is 0.491 e. The molecule has 4 nitrogen and oxygen atoms in total. The quantitative estimate of drug-likeness (QED) is 0.737. The van der Waals surface area contributed by atoms with Gasteiger partial charge in [0, 0.05) is 21.9 Å². The lowest BCUT2D eigenvalue weighted by Crippen LogP contribution is -2.16. The molecule has 23 heavy (non-hydrogen) atoms. The second kappa shape index (κ2) is 7.79. The highest BCUT2D eigenvalue weighted by Crippen LogP contribution is 2.21. The van der Waals surface area contributed by atoms with E-state index in [2.05, 4.69) is 27.9 Å². The summed E-state index contributed by atoms with van der Waals surface area (Å²) >= 11 is 2.16. The van der Waals surface area contributed by atoms with Gasteiger partial charge in [0.25, 0.3) is 5.91 Å². The van der Waals surface area contributed by atoms with E-state index in [1.165, 1.54) is 0 Å². The van der Waals surface area contributed by atoms with Crippen LogP contribution in [0.15, 0.2) is 48.5 Å². The van der Waals surface area contributed by atoms with E-state index >= 15 is 0 Å². The van der Waals surface area contributed by atoms with E-state index in [1.54, 1.807) is 0 Å². The lowest BCUT2D eigenvalue weighted by molar-refractivity contribution is 0.0680. The van der Waals surface area contributed by atoms with Crippen LogP contribution in [0.3, 0.4) is 0 Å². The molecule has 0 bridgehead atoms. The predicted molar refractivity (Wildman–Crippen MR) is 98.0 cm³/mol. The highest BCUT2D eigenvalue weighted by Gasteiger charge is 2.16. The van der Waals surface area contributed by atoms with Crippen LogP contribution in [0, 0.1) is 3.57 Å². The van der Waals surface area contributed by atoms with Gasteiger partial charge in [0.15, 0.2) is 0 Å². The maximum Gasteiger partial charge on any atom is 0.256 e. The van der Waals surface area contributed by atoms with Crippen LogP contribution in [-0.2, 0) is 4.74 Å². The number of rotatable bonds is 5. The van der Waals surface area contributed by atoms with Gasteiger partial charge in [-0.05, 0) is 59.7 Å². The fourth-order valence-corrected chi connectivity index (χ4v) is 3.10. The van der Waals surface area contributed by atoms with Gasteiger partial charge in [-0.1, -0.05) is 18.2 Å². The van der Waals surface area contributed by atoms with E-state index in [-0.39, 0.29) is 12.0 Å². The summed E-state index contributed by atoms with van der Waals surface area (Å²) in [5.74, 6) is 0.618. The number of carbonyl (C=O) groups excluding carboxylic acids is 1. The van der Waals surface area contributed by atoms with E-state index in [0.29, 0.717) is 12.2 Å². The summed E-state index contributed by atoms with van der Waals surface area (Å²) in [5, 5.41) is 2.91. The smallest absolute Gasteiger partial charge is 0.256 e. The van der Waals surface area contributed by atoms with Crippen molar-refractivity contribution in [3.8, 4) is 5.75 Å². The monoisotopic (exact) mass is 423 g/mol. The average Bonchev–Trinajstić information content (AvgIpc) is 3.07. The Bertz CT molecular complexity index is 683. The van der Waals surface area contributed by atoms with E-state index in [0.717, 1.165) is 34.5 Å². The third kappa shape index (κ3) is 4.45. The van der Waals surface area contributed by atoms with Crippen molar-refractivity contribution in [1.29, 1.82) is 0 Å². The minimum atomic E-state index is -0.119. The summed E-state index contributed by atoms with van der Waals surface area (Å²) in [6, 6.07) is 14.9. The third-order valence-corrected chi connectivity index (χ3v) is 4.61. The molecule has 0 aliphatic carbocycles. The Morgan fingerprint density at radius 3 is 2.91 bits per heavy atom. The van der Waals surface area contributed by atoms with Crippen LogP contribution >= 0.6 is 22.6 Å². The maximum atomic E-state index is 12.3. The Labute approximate surface area is 149 Å². The van der Waals surface area contributed by atoms with E-state index < -0.39 is 0 Å². The Kier molecular flexibility index (Phi) is 5.51. The van der Waals surface area contributed by atoms with Crippen LogP contribution in [0.5, 0.6) is 5.75 Å². The highest BCUT2D eigenvalue weighted by molar-refractivity contribution is 14.1. The Balaban J connectivity index is 1.63. The Morgan fingerprint density at radius 2 is 2.13 bits per heavy atom. The number of anilines is 1. The van der Waals surface area contributed by atoms with Crippen LogP contribution < -0.4 is 10.1 Å². The normalized spacial score (nSPS) is 17.0. The van der Waals surface area contributed by atoms with E-state index in [4.69, 9.17) is 9.47 Å². The van der Waals surface area contributed by atoms with Crippen molar-refractivity contribution in [3.05, 3.63) is 57.7 Å². The molecule has 1 amide bonds. The minimum absolute atomic E-state index is 0.119. The Morgan fingerprint density at radius 1 is 1.26 bits per heavy atom. The van der Waals surface area contributed by atoms with Gasteiger partial charge in [0.05, 0.1) is 11.7 Å². The zero-order valence-corrected chi connectivity index (χ0v) is 14.8. The first-order valence-electron chi connectivity index (χ1n) is 7.63. The molecule has 0 saturated carbocycles. The predicted octanol–water partition coefficient (Wildman–Crippen LogP) is 4.10. The molecule has 1 unspecified atom stereocenters. The summed E-state index contributed by atoms with van der Waals surface area (Å²) in [6.07, 6.45) is 2.32. The van der Waals surface area contributed by atoms with Gasteiger partial charge in [-0.2, -0.15) is 0 Å². The first-order valence-corrected chi connectivity index (χ1v) is 8.70. The first-order chi connectivity index (χ1) is 11.2. The summed E-state index contributed by atoms with van der Waals surface area (Å²) < 4.78 is 12.2. The lowest BCUT2D eigenvalue weighted by atomic mass is 10.2. The van der Waals surface area contributed by atoms with Gasteiger partial charge in [-0.15, -0.1) is 0 Å². The molecule has 1 heterocycles. The van der Waals surface area contributed by atoms with Gasteiger partial charge < -0.3 is 14.8 Å². The topological polar surface area (TPSA) is 47.6 Å². The van der Waals surface area contributed by atoms with Crippen LogP contribution in [-0.4, -0.2) is 25.2 Å². The second-order valence-corrected chi connectivity index (χ2v) is 6.57. The second-order valence-electron chi connectivity index (χ2n) is 5.41. The summed E-state index contributed by atoms with van der Waals surface area (Å²) in [5.41, 5.74) is 1.39. The number of hydrogen-bond acceptors (Lipinski definition) is 3. The van der Waals surface area contributed by atoms with Gasteiger partial charge >= 0.3 is 0 Å². The molecule has 120 valence electrons. The molecular formula is C18H18INO3. The summed E-state index contributed by atoms with van der Waals surface area (Å²) in [4.78, 5) is 12.3. The maximum absolute atomic E-state index is 12.3. The van der Waals surface area contributed by atoms with Crippen LogP contribution in [0.4, 0.5) is 5.69 Å². The molecule has 3 rings (SSSR count). The minimum Gasteiger partial charge on any atom is -0.491 e. The van der Waals surface area contributed by atoms with Crippen molar-refractivity contribution in [2.45, 2.75) is 18.9 Å². The molecule has 0 radical (unpaired) electrons. The molecule has 1 N–H and O–H groups in total. The van der Waals surface area contributed by atoms with Crippen LogP contribution in [0.25, 0.3) is 0 Å². The molecular weight excluding hydrogens is 405 g/mol. The third-order valence-electron chi connectivity index (χ3n) is 3.67. The van der Waals surface area contributed by atoms with Crippen molar-refractivity contribution in [3.63, 3.8) is 0 Å². The van der Waals surface area contributed by atoms with Gasteiger partial charge in [-0.3, -0.25) is 4.79 Å². The molecule has 1 aliphatic heterocycles. The zero-order valence-electron chi connectivity index (χ0n) is 12.6. The molecule has 0 spiro atoms. The Hall–Kier alpha value is -1.60. The molecule has 0 aromatic heterocycles. The average molecular weight is 423 g/mol. The fourth-order valence-electron chi connectivity index (χ4n) is 2.47. The fraction of sp³-hybridized carbons (Fsp3) is 0.278. The SMILES string of the molecule is O=C(Nc1cccc(OCC2CCCO2)c1)c1ccccc1I. The van der Waals surface area contributed by atoms with Gasteiger partial charge in [-0.25, -0.2) is 0 Å². The van der Waals surface area contributed by atoms with E-state index in [9.17, 15) is 4.79 Å². The number of carbonyl (C=O) groups is 1. The first kappa shape index (κ1) is 16.3. The lowest BCUT2D eigenvalue weighted by Gasteiger charge is -2.13. The van der Waals surface area contributed by atoms with Crippen molar-refractivity contribution in [2.75, 3.05) is 18.5 Å². The molecule has 5 heteroatoms. The molecule has 1 saturated heterocycles. The standard InChI is InChI=1S/C18H18INO3/c19-17-9-2-1-8-16(17)18(21)20-13-5-3-6-14(11-13)23-12-15-7-4-10-22-15/h1-3,5-6,8-9,11,15H,4,7,10,12H2,(H,20,21). The van der Waals surface area contributed by atoms with Crippen molar-refractivity contribution in [2.24, 2.45) is 0 Å². The number of halogens is 1. The number of amides is 1. The molecule has 1 fully saturated rings. The number of benzene rings is 2. The summed E-state index contributed by atoms with van der Waals surface area (Å²) in [6.45, 7) is 1.37. The molecule has 2 aromatic carbocycles. The van der Waals surface area contributed by atoms with Crippen molar-refractivity contribution >= 4 is 34.2 Å². The van der Waals surface area contributed by atoms with Crippen molar-refractivity contribution < 1.29 is 14.3 Å². The molecule has 1 aliphatic rings. The number of nitrogens with one attached hydrogen (secondary N) is 1.